The first kappa shape index (κ1) is 19.2. The molecule has 1 fully saturated rings. The molecular formula is C21H24N4O4. The van der Waals surface area contributed by atoms with E-state index in [0.717, 1.165) is 41.8 Å². The maximum Gasteiger partial charge on any atom is 0.250 e. The molecule has 0 atom stereocenters. The van der Waals surface area contributed by atoms with Crippen LogP contribution in [0, 0.1) is 13.8 Å². The molecule has 1 aliphatic carbocycles. The van der Waals surface area contributed by atoms with Gasteiger partial charge in [0.15, 0.2) is 17.3 Å². The lowest BCUT2D eigenvalue weighted by molar-refractivity contribution is 0.229. The zero-order valence-corrected chi connectivity index (χ0v) is 16.8. The van der Waals surface area contributed by atoms with E-state index in [4.69, 9.17) is 24.3 Å². The van der Waals surface area contributed by atoms with Crippen molar-refractivity contribution < 1.29 is 18.5 Å². The lowest BCUT2D eigenvalue weighted by Gasteiger charge is -2.34. The van der Waals surface area contributed by atoms with E-state index in [1.807, 2.05) is 38.1 Å². The number of ether oxygens (including phenoxy) is 2. The predicted octanol–water partition coefficient (Wildman–Crippen LogP) is 3.77. The number of nitrogens with two attached hydrogens (primary N) is 1. The first-order chi connectivity index (χ1) is 14.0. The topological polar surface area (TPSA) is 109 Å². The van der Waals surface area contributed by atoms with E-state index in [1.54, 1.807) is 13.2 Å². The Labute approximate surface area is 168 Å². The van der Waals surface area contributed by atoms with Crippen molar-refractivity contribution in [1.82, 2.24) is 15.3 Å². The van der Waals surface area contributed by atoms with Crippen LogP contribution in [0.2, 0.25) is 0 Å². The lowest BCUT2D eigenvalue weighted by atomic mass is 9.77. The van der Waals surface area contributed by atoms with Crippen LogP contribution in [0.5, 0.6) is 11.5 Å². The zero-order chi connectivity index (χ0) is 20.4. The summed E-state index contributed by atoms with van der Waals surface area (Å²) in [5.41, 5.74) is 8.47. The Bertz CT molecular complexity index is 1010. The predicted molar refractivity (Wildman–Crippen MR) is 106 cm³/mol. The summed E-state index contributed by atoms with van der Waals surface area (Å²) in [6.07, 6.45) is 6.52. The monoisotopic (exact) mass is 396 g/mol. The van der Waals surface area contributed by atoms with Crippen molar-refractivity contribution in [3.63, 3.8) is 0 Å². The van der Waals surface area contributed by atoms with E-state index in [-0.39, 0.29) is 0 Å². The maximum absolute atomic E-state index is 6.23. The van der Waals surface area contributed by atoms with Crippen molar-refractivity contribution in [3.05, 3.63) is 52.5 Å². The van der Waals surface area contributed by atoms with Gasteiger partial charge in [0, 0.05) is 6.08 Å². The highest BCUT2D eigenvalue weighted by Crippen LogP contribution is 2.37. The van der Waals surface area contributed by atoms with Crippen LogP contribution in [0.4, 0.5) is 0 Å². The molecule has 8 heteroatoms. The van der Waals surface area contributed by atoms with Crippen molar-refractivity contribution in [1.29, 1.82) is 0 Å². The van der Waals surface area contributed by atoms with E-state index >= 15 is 0 Å². The molecule has 0 bridgehead atoms. The molecule has 0 spiro atoms. The summed E-state index contributed by atoms with van der Waals surface area (Å²) < 4.78 is 21.8. The van der Waals surface area contributed by atoms with Gasteiger partial charge in [0.1, 0.15) is 12.4 Å². The fourth-order valence-electron chi connectivity index (χ4n) is 3.22. The number of hydrogen-bond donors (Lipinski definition) is 1. The Morgan fingerprint density at radius 3 is 2.62 bits per heavy atom. The smallest absolute Gasteiger partial charge is 0.250 e. The summed E-state index contributed by atoms with van der Waals surface area (Å²) in [5, 5.41) is 7.95. The lowest BCUT2D eigenvalue weighted by Crippen LogP contribution is -2.44. The standard InChI is InChI=1S/C21H24N4O4/c1-13-16(14(2)28-24-13)12-27-17-7-5-15(11-18(17)26-3)6-8-19-23-20(25-29-19)21(22)9-4-10-21/h5-8,11H,4,9-10,12,22H2,1-3H3/b8-6+. The van der Waals surface area contributed by atoms with Gasteiger partial charge in [0.25, 0.3) is 5.89 Å². The van der Waals surface area contributed by atoms with Gasteiger partial charge < -0.3 is 24.3 Å². The number of benzene rings is 1. The maximum atomic E-state index is 6.23. The number of methoxy groups -OCH3 is 1. The van der Waals surface area contributed by atoms with Crippen molar-refractivity contribution in [2.24, 2.45) is 5.73 Å². The van der Waals surface area contributed by atoms with Gasteiger partial charge in [-0.3, -0.25) is 0 Å². The minimum Gasteiger partial charge on any atom is -0.493 e. The Hall–Kier alpha value is -3.13. The second-order valence-electron chi connectivity index (χ2n) is 7.30. The van der Waals surface area contributed by atoms with E-state index in [0.29, 0.717) is 29.8 Å². The number of aryl methyl sites for hydroxylation is 2. The van der Waals surface area contributed by atoms with Crippen LogP contribution in [0.1, 0.15) is 53.6 Å². The zero-order valence-electron chi connectivity index (χ0n) is 16.8. The Morgan fingerprint density at radius 1 is 1.14 bits per heavy atom. The molecular weight excluding hydrogens is 372 g/mol. The second-order valence-corrected chi connectivity index (χ2v) is 7.30. The van der Waals surface area contributed by atoms with Crippen molar-refractivity contribution >= 4 is 12.2 Å². The third-order valence-corrected chi connectivity index (χ3v) is 5.29. The SMILES string of the molecule is COc1cc(/C=C/c2nc(C3(N)CCC3)no2)ccc1OCc1c(C)noc1C. The summed E-state index contributed by atoms with van der Waals surface area (Å²) in [4.78, 5) is 4.39. The third-order valence-electron chi connectivity index (χ3n) is 5.29. The van der Waals surface area contributed by atoms with E-state index in [2.05, 4.69) is 15.3 Å². The minimum atomic E-state index is -0.432. The second kappa shape index (κ2) is 7.71. The van der Waals surface area contributed by atoms with Gasteiger partial charge in [0.2, 0.25) is 0 Å². The molecule has 0 radical (unpaired) electrons. The van der Waals surface area contributed by atoms with Crippen molar-refractivity contribution in [3.8, 4) is 11.5 Å². The van der Waals surface area contributed by atoms with Gasteiger partial charge in [0.05, 0.1) is 23.9 Å². The van der Waals surface area contributed by atoms with Crippen molar-refractivity contribution in [2.75, 3.05) is 7.11 Å². The van der Waals surface area contributed by atoms with Crippen LogP contribution in [0.25, 0.3) is 12.2 Å². The van der Waals surface area contributed by atoms with Gasteiger partial charge in [-0.05, 0) is 56.9 Å². The Balaban J connectivity index is 1.45. The molecule has 29 heavy (non-hydrogen) atoms. The summed E-state index contributed by atoms with van der Waals surface area (Å²) in [7, 11) is 1.61. The fourth-order valence-corrected chi connectivity index (χ4v) is 3.22. The van der Waals surface area contributed by atoms with Crippen molar-refractivity contribution in [2.45, 2.75) is 45.3 Å². The van der Waals surface area contributed by atoms with Crippen LogP contribution in [-0.4, -0.2) is 22.4 Å². The number of aromatic nitrogens is 3. The summed E-state index contributed by atoms with van der Waals surface area (Å²) in [6.45, 7) is 4.11. The first-order valence-electron chi connectivity index (χ1n) is 9.52. The third kappa shape index (κ3) is 3.88. The number of rotatable bonds is 7. The van der Waals surface area contributed by atoms with E-state index < -0.39 is 5.54 Å². The fraction of sp³-hybridized carbons (Fsp3) is 0.381. The highest BCUT2D eigenvalue weighted by Gasteiger charge is 2.38. The molecule has 3 aromatic rings. The normalized spacial score (nSPS) is 15.4. The van der Waals surface area contributed by atoms with E-state index in [1.165, 1.54) is 0 Å². The molecule has 0 unspecified atom stereocenters. The van der Waals surface area contributed by atoms with Gasteiger partial charge in [-0.25, -0.2) is 0 Å². The molecule has 1 aromatic carbocycles. The molecule has 4 rings (SSSR count). The van der Waals surface area contributed by atoms with Crippen LogP contribution in [0.3, 0.4) is 0 Å². The van der Waals surface area contributed by atoms with Gasteiger partial charge in [-0.1, -0.05) is 16.4 Å². The Kier molecular flexibility index (Phi) is 5.10. The van der Waals surface area contributed by atoms with Crippen LogP contribution in [-0.2, 0) is 12.1 Å². The molecule has 2 aromatic heterocycles. The highest BCUT2D eigenvalue weighted by atomic mass is 16.5. The summed E-state index contributed by atoms with van der Waals surface area (Å²) in [5.74, 6) is 3.01. The van der Waals surface area contributed by atoms with Gasteiger partial charge in [-0.15, -0.1) is 0 Å². The average Bonchev–Trinajstić information content (AvgIpc) is 3.30. The van der Waals surface area contributed by atoms with Gasteiger partial charge in [-0.2, -0.15) is 4.98 Å². The number of nitrogens with zero attached hydrogens (tertiary/aromatic N) is 3. The molecule has 1 saturated carbocycles. The number of hydrogen-bond acceptors (Lipinski definition) is 8. The largest absolute Gasteiger partial charge is 0.493 e. The minimum absolute atomic E-state index is 0.359. The average molecular weight is 396 g/mol. The molecule has 0 amide bonds. The van der Waals surface area contributed by atoms with Crippen LogP contribution in [0.15, 0.2) is 27.2 Å². The van der Waals surface area contributed by atoms with Crippen LogP contribution < -0.4 is 15.2 Å². The molecule has 2 N–H and O–H groups in total. The van der Waals surface area contributed by atoms with E-state index in [9.17, 15) is 0 Å². The first-order valence-corrected chi connectivity index (χ1v) is 9.52. The quantitative estimate of drug-likeness (QED) is 0.643. The molecule has 152 valence electrons. The van der Waals surface area contributed by atoms with Gasteiger partial charge >= 0.3 is 0 Å². The molecule has 0 aliphatic heterocycles. The molecule has 0 saturated heterocycles. The highest BCUT2D eigenvalue weighted by molar-refractivity contribution is 5.67. The summed E-state index contributed by atoms with van der Waals surface area (Å²) in [6, 6.07) is 5.67. The molecule has 1 aliphatic rings. The Morgan fingerprint density at radius 2 is 1.97 bits per heavy atom. The summed E-state index contributed by atoms with van der Waals surface area (Å²) >= 11 is 0. The molecule has 8 nitrogen and oxygen atoms in total. The van der Waals surface area contributed by atoms with Crippen LogP contribution >= 0.6 is 0 Å². The molecule has 2 heterocycles.